The Morgan fingerprint density at radius 3 is 2.35 bits per heavy atom. The number of ether oxygens (including phenoxy) is 1. The molecule has 0 heterocycles. The molecule has 4 heteroatoms. The van der Waals surface area contributed by atoms with Crippen molar-refractivity contribution < 1.29 is 14.3 Å². The van der Waals surface area contributed by atoms with E-state index in [2.05, 4.69) is 12.2 Å². The van der Waals surface area contributed by atoms with Crippen molar-refractivity contribution in [3.8, 4) is 0 Å². The summed E-state index contributed by atoms with van der Waals surface area (Å²) in [5.41, 5.74) is -0.545. The lowest BCUT2D eigenvalue weighted by molar-refractivity contribution is -0.163. The van der Waals surface area contributed by atoms with Crippen LogP contribution in [0.1, 0.15) is 72.6 Å². The Morgan fingerprint density at radius 1 is 1.25 bits per heavy atom. The number of unbranched alkanes of at least 4 members (excludes halogenated alkanes) is 2. The van der Waals surface area contributed by atoms with E-state index in [9.17, 15) is 9.59 Å². The minimum absolute atomic E-state index is 0.153. The molecule has 1 aliphatic carbocycles. The SMILES string of the molecule is CCCCCC(C(=O)NC1CCC1)C(=O)OC(C)(C)C. The van der Waals surface area contributed by atoms with Crippen LogP contribution in [0.25, 0.3) is 0 Å². The van der Waals surface area contributed by atoms with Gasteiger partial charge in [-0.05, 0) is 46.5 Å². The van der Waals surface area contributed by atoms with E-state index in [1.807, 2.05) is 20.8 Å². The zero-order chi connectivity index (χ0) is 15.2. The summed E-state index contributed by atoms with van der Waals surface area (Å²) in [5.74, 6) is -1.19. The molecule has 1 saturated carbocycles. The fraction of sp³-hybridized carbons (Fsp3) is 0.875. The highest BCUT2D eigenvalue weighted by Gasteiger charge is 2.32. The van der Waals surface area contributed by atoms with E-state index in [4.69, 9.17) is 4.74 Å². The van der Waals surface area contributed by atoms with E-state index in [0.717, 1.165) is 38.5 Å². The van der Waals surface area contributed by atoms with Gasteiger partial charge >= 0.3 is 5.97 Å². The van der Waals surface area contributed by atoms with Crippen molar-refractivity contribution in [1.82, 2.24) is 5.32 Å². The fourth-order valence-corrected chi connectivity index (χ4v) is 2.18. The number of hydrogen-bond donors (Lipinski definition) is 1. The predicted octanol–water partition coefficient (Wildman–Crippen LogP) is 3.19. The molecular weight excluding hydrogens is 254 g/mol. The first-order valence-electron chi connectivity index (χ1n) is 7.86. The summed E-state index contributed by atoms with van der Waals surface area (Å²) in [5, 5.41) is 2.97. The van der Waals surface area contributed by atoms with Gasteiger partial charge in [-0.25, -0.2) is 0 Å². The summed E-state index contributed by atoms with van der Waals surface area (Å²) < 4.78 is 5.39. The molecule has 1 N–H and O–H groups in total. The summed E-state index contributed by atoms with van der Waals surface area (Å²) >= 11 is 0. The third kappa shape index (κ3) is 5.93. The Balaban J connectivity index is 2.57. The highest BCUT2D eigenvalue weighted by molar-refractivity contribution is 5.98. The molecule has 0 aromatic heterocycles. The van der Waals surface area contributed by atoms with Gasteiger partial charge in [-0.3, -0.25) is 9.59 Å². The van der Waals surface area contributed by atoms with Crippen molar-refractivity contribution in [2.75, 3.05) is 0 Å². The summed E-state index contributed by atoms with van der Waals surface area (Å²) in [6, 6.07) is 0.263. The summed E-state index contributed by atoms with van der Waals surface area (Å²) in [6.45, 7) is 7.60. The zero-order valence-electron chi connectivity index (χ0n) is 13.3. The molecule has 4 nitrogen and oxygen atoms in total. The molecule has 0 aromatic carbocycles. The lowest BCUT2D eigenvalue weighted by Gasteiger charge is -2.29. The minimum Gasteiger partial charge on any atom is -0.459 e. The third-order valence-corrected chi connectivity index (χ3v) is 3.56. The van der Waals surface area contributed by atoms with Crippen LogP contribution in [0.15, 0.2) is 0 Å². The van der Waals surface area contributed by atoms with Gasteiger partial charge in [-0.2, -0.15) is 0 Å². The van der Waals surface area contributed by atoms with Gasteiger partial charge in [-0.1, -0.05) is 26.2 Å². The van der Waals surface area contributed by atoms with E-state index in [0.29, 0.717) is 6.42 Å². The molecule has 0 saturated heterocycles. The van der Waals surface area contributed by atoms with Gasteiger partial charge < -0.3 is 10.1 Å². The van der Waals surface area contributed by atoms with Gasteiger partial charge in [-0.15, -0.1) is 0 Å². The molecule has 0 bridgehead atoms. The molecule has 1 fully saturated rings. The quantitative estimate of drug-likeness (QED) is 0.443. The molecule has 1 unspecified atom stereocenters. The first-order chi connectivity index (χ1) is 9.33. The number of carbonyl (C=O) groups excluding carboxylic acids is 2. The van der Waals surface area contributed by atoms with E-state index in [1.165, 1.54) is 0 Å². The summed E-state index contributed by atoms with van der Waals surface area (Å²) in [7, 11) is 0. The Morgan fingerprint density at radius 2 is 1.90 bits per heavy atom. The highest BCUT2D eigenvalue weighted by Crippen LogP contribution is 2.21. The van der Waals surface area contributed by atoms with Crippen molar-refractivity contribution >= 4 is 11.9 Å². The van der Waals surface area contributed by atoms with Crippen LogP contribution < -0.4 is 5.32 Å². The Labute approximate surface area is 122 Å². The molecule has 1 rings (SSSR count). The van der Waals surface area contributed by atoms with Crippen molar-refractivity contribution in [1.29, 1.82) is 0 Å². The highest BCUT2D eigenvalue weighted by atomic mass is 16.6. The van der Waals surface area contributed by atoms with Crippen LogP contribution in [0.3, 0.4) is 0 Å². The average molecular weight is 283 g/mol. The van der Waals surface area contributed by atoms with Crippen LogP contribution in [0, 0.1) is 5.92 Å². The van der Waals surface area contributed by atoms with Crippen molar-refractivity contribution in [2.24, 2.45) is 5.92 Å². The van der Waals surface area contributed by atoms with Crippen molar-refractivity contribution in [3.05, 3.63) is 0 Å². The molecule has 0 radical (unpaired) electrons. The second kappa shape index (κ2) is 7.65. The number of esters is 1. The van der Waals surface area contributed by atoms with Crippen LogP contribution in [0.2, 0.25) is 0 Å². The van der Waals surface area contributed by atoms with E-state index >= 15 is 0 Å². The second-order valence-electron chi connectivity index (χ2n) is 6.72. The third-order valence-electron chi connectivity index (χ3n) is 3.56. The maximum Gasteiger partial charge on any atom is 0.319 e. The van der Waals surface area contributed by atoms with Gasteiger partial charge in [0, 0.05) is 6.04 Å². The largest absolute Gasteiger partial charge is 0.459 e. The number of carbonyl (C=O) groups is 2. The molecule has 116 valence electrons. The first-order valence-corrected chi connectivity index (χ1v) is 7.86. The van der Waals surface area contributed by atoms with Gasteiger partial charge in [0.1, 0.15) is 11.5 Å². The number of hydrogen-bond acceptors (Lipinski definition) is 3. The zero-order valence-corrected chi connectivity index (χ0v) is 13.3. The van der Waals surface area contributed by atoms with E-state index in [1.54, 1.807) is 0 Å². The average Bonchev–Trinajstić information content (AvgIpc) is 2.26. The lowest BCUT2D eigenvalue weighted by Crippen LogP contribution is -2.45. The molecule has 20 heavy (non-hydrogen) atoms. The van der Waals surface area contributed by atoms with Crippen LogP contribution in [-0.4, -0.2) is 23.5 Å². The smallest absolute Gasteiger partial charge is 0.319 e. The monoisotopic (exact) mass is 283 g/mol. The van der Waals surface area contributed by atoms with Gasteiger partial charge in [0.25, 0.3) is 0 Å². The lowest BCUT2D eigenvalue weighted by atomic mass is 9.91. The molecule has 0 spiro atoms. The maximum absolute atomic E-state index is 12.3. The fourth-order valence-electron chi connectivity index (χ4n) is 2.18. The van der Waals surface area contributed by atoms with Crippen LogP contribution in [0.5, 0.6) is 0 Å². The van der Waals surface area contributed by atoms with Gasteiger partial charge in [0.2, 0.25) is 5.91 Å². The Kier molecular flexibility index (Phi) is 6.50. The van der Waals surface area contributed by atoms with Crippen LogP contribution >= 0.6 is 0 Å². The maximum atomic E-state index is 12.3. The molecule has 1 aliphatic rings. The number of amides is 1. The van der Waals surface area contributed by atoms with Crippen molar-refractivity contribution in [2.45, 2.75) is 84.3 Å². The summed E-state index contributed by atoms with van der Waals surface area (Å²) in [4.78, 5) is 24.5. The molecule has 0 aliphatic heterocycles. The van der Waals surface area contributed by atoms with Gasteiger partial charge in [0.15, 0.2) is 0 Å². The summed E-state index contributed by atoms with van der Waals surface area (Å²) in [6.07, 6.45) is 6.81. The van der Waals surface area contributed by atoms with E-state index in [-0.39, 0.29) is 17.9 Å². The van der Waals surface area contributed by atoms with Crippen LogP contribution in [0.4, 0.5) is 0 Å². The standard InChI is InChI=1S/C16H29NO3/c1-5-6-7-11-13(15(19)20-16(2,3)4)14(18)17-12-9-8-10-12/h12-13H,5-11H2,1-4H3,(H,17,18). The molecular formula is C16H29NO3. The number of nitrogens with one attached hydrogen (secondary N) is 1. The Bertz CT molecular complexity index is 329. The normalized spacial score (nSPS) is 17.2. The Hall–Kier alpha value is -1.06. The van der Waals surface area contributed by atoms with Gasteiger partial charge in [0.05, 0.1) is 0 Å². The molecule has 1 amide bonds. The topological polar surface area (TPSA) is 55.4 Å². The molecule has 0 aromatic rings. The van der Waals surface area contributed by atoms with E-state index < -0.39 is 11.5 Å². The predicted molar refractivity (Wildman–Crippen MR) is 79.3 cm³/mol. The first kappa shape index (κ1) is 17.0. The van der Waals surface area contributed by atoms with Crippen molar-refractivity contribution in [3.63, 3.8) is 0 Å². The second-order valence-corrected chi connectivity index (χ2v) is 6.72. The minimum atomic E-state index is -0.652. The van der Waals surface area contributed by atoms with Crippen LogP contribution in [-0.2, 0) is 14.3 Å². The number of rotatable bonds is 7. The molecule has 1 atom stereocenters.